The molecule has 0 heterocycles. The third-order valence-corrected chi connectivity index (χ3v) is 6.86. The van der Waals surface area contributed by atoms with E-state index in [1.54, 1.807) is 55.5 Å². The Morgan fingerprint density at radius 2 is 1.49 bits per heavy atom. The average molecular weight is 495 g/mol. The summed E-state index contributed by atoms with van der Waals surface area (Å²) in [5.41, 5.74) is 5.51. The summed E-state index contributed by atoms with van der Waals surface area (Å²) in [7, 11) is -3.52. The number of nitrogens with zero attached hydrogens (tertiary/aromatic N) is 1. The van der Waals surface area contributed by atoms with Crippen LogP contribution in [0.2, 0.25) is 0 Å². The molecule has 1 amide bonds. The standard InChI is InChI=1S/C27H30N2O5S/c1-6-34-27(31)23-11-7-19(3)25(16-23)28-26(30)22-12-9-21(10-13-22)17-29(35(5,32)33)24-14-8-18(2)20(4)15-24/h7-16H,6,17H2,1-5H3,(H,28,30). The van der Waals surface area contributed by atoms with Crippen molar-refractivity contribution >= 4 is 33.3 Å². The van der Waals surface area contributed by atoms with Crippen LogP contribution in [0.1, 0.15) is 49.9 Å². The minimum atomic E-state index is -3.52. The highest BCUT2D eigenvalue weighted by atomic mass is 32.2. The van der Waals surface area contributed by atoms with Crippen molar-refractivity contribution < 1.29 is 22.7 Å². The second-order valence-electron chi connectivity index (χ2n) is 8.44. The fourth-order valence-electron chi connectivity index (χ4n) is 3.50. The zero-order valence-electron chi connectivity index (χ0n) is 20.6. The van der Waals surface area contributed by atoms with Gasteiger partial charge in [0.05, 0.1) is 30.7 Å². The van der Waals surface area contributed by atoms with E-state index in [1.807, 2.05) is 32.9 Å². The Hall–Kier alpha value is -3.65. The zero-order valence-corrected chi connectivity index (χ0v) is 21.4. The molecule has 0 atom stereocenters. The summed E-state index contributed by atoms with van der Waals surface area (Å²) >= 11 is 0. The number of carbonyl (C=O) groups is 2. The van der Waals surface area contributed by atoms with Gasteiger partial charge in [-0.25, -0.2) is 13.2 Å². The Labute approximate surface area is 206 Å². The number of amides is 1. The summed E-state index contributed by atoms with van der Waals surface area (Å²) in [4.78, 5) is 24.8. The molecule has 7 nitrogen and oxygen atoms in total. The Morgan fingerprint density at radius 1 is 0.857 bits per heavy atom. The van der Waals surface area contributed by atoms with Crippen molar-refractivity contribution in [3.63, 3.8) is 0 Å². The van der Waals surface area contributed by atoms with Crippen molar-refractivity contribution in [1.82, 2.24) is 0 Å². The van der Waals surface area contributed by atoms with Crippen molar-refractivity contribution in [1.29, 1.82) is 0 Å². The molecule has 184 valence electrons. The van der Waals surface area contributed by atoms with Crippen LogP contribution < -0.4 is 9.62 Å². The molecular weight excluding hydrogens is 464 g/mol. The number of carbonyl (C=O) groups excluding carboxylic acids is 2. The van der Waals surface area contributed by atoms with E-state index in [0.29, 0.717) is 22.5 Å². The van der Waals surface area contributed by atoms with Crippen LogP contribution in [0.15, 0.2) is 60.7 Å². The van der Waals surface area contributed by atoms with Crippen molar-refractivity contribution in [2.75, 3.05) is 22.5 Å². The van der Waals surface area contributed by atoms with Crippen LogP contribution in [0.4, 0.5) is 11.4 Å². The maximum absolute atomic E-state index is 12.8. The normalized spacial score (nSPS) is 11.1. The largest absolute Gasteiger partial charge is 0.462 e. The molecule has 1 N–H and O–H groups in total. The number of anilines is 2. The predicted octanol–water partition coefficient (Wildman–Crippen LogP) is 5.01. The quantitative estimate of drug-likeness (QED) is 0.445. The van der Waals surface area contributed by atoms with Crippen molar-refractivity contribution in [2.24, 2.45) is 0 Å². The SMILES string of the molecule is CCOC(=O)c1ccc(C)c(NC(=O)c2ccc(CN(c3ccc(C)c(C)c3)S(C)(=O)=O)cc2)c1. The molecule has 3 rings (SSSR count). The first-order valence-corrected chi connectivity index (χ1v) is 13.1. The van der Waals surface area contributed by atoms with E-state index >= 15 is 0 Å². The summed E-state index contributed by atoms with van der Waals surface area (Å²) in [6.07, 6.45) is 1.18. The molecule has 0 radical (unpaired) electrons. The summed E-state index contributed by atoms with van der Waals surface area (Å²) in [6, 6.07) is 17.3. The van der Waals surface area contributed by atoms with E-state index in [-0.39, 0.29) is 19.1 Å². The van der Waals surface area contributed by atoms with Gasteiger partial charge in [-0.05, 0) is 86.3 Å². The molecule has 0 aliphatic rings. The zero-order chi connectivity index (χ0) is 25.8. The number of sulfonamides is 1. The smallest absolute Gasteiger partial charge is 0.338 e. The molecule has 3 aromatic carbocycles. The van der Waals surface area contributed by atoms with Crippen molar-refractivity contribution in [3.8, 4) is 0 Å². The fourth-order valence-corrected chi connectivity index (χ4v) is 4.38. The minimum absolute atomic E-state index is 0.143. The second kappa shape index (κ2) is 10.7. The summed E-state index contributed by atoms with van der Waals surface area (Å²) in [5.74, 6) is -0.790. The van der Waals surface area contributed by atoms with Gasteiger partial charge in [0.15, 0.2) is 0 Å². The Balaban J connectivity index is 1.78. The number of aryl methyl sites for hydroxylation is 3. The lowest BCUT2D eigenvalue weighted by atomic mass is 10.1. The maximum atomic E-state index is 12.8. The van der Waals surface area contributed by atoms with Crippen LogP contribution in [-0.2, 0) is 21.3 Å². The molecule has 0 saturated carbocycles. The van der Waals surface area contributed by atoms with E-state index in [0.717, 1.165) is 22.3 Å². The van der Waals surface area contributed by atoms with E-state index in [9.17, 15) is 18.0 Å². The average Bonchev–Trinajstić information content (AvgIpc) is 2.80. The Morgan fingerprint density at radius 3 is 2.09 bits per heavy atom. The number of rotatable bonds is 8. The van der Waals surface area contributed by atoms with Crippen LogP contribution >= 0.6 is 0 Å². The van der Waals surface area contributed by atoms with Gasteiger partial charge in [0.1, 0.15) is 0 Å². The van der Waals surface area contributed by atoms with Gasteiger partial charge in [-0.15, -0.1) is 0 Å². The number of esters is 1. The molecule has 35 heavy (non-hydrogen) atoms. The van der Waals surface area contributed by atoms with E-state index in [2.05, 4.69) is 5.32 Å². The van der Waals surface area contributed by atoms with Gasteiger partial charge in [0.25, 0.3) is 5.91 Å². The lowest BCUT2D eigenvalue weighted by molar-refractivity contribution is 0.0526. The van der Waals surface area contributed by atoms with Crippen LogP contribution in [0.25, 0.3) is 0 Å². The lowest BCUT2D eigenvalue weighted by Gasteiger charge is -2.23. The highest BCUT2D eigenvalue weighted by Crippen LogP contribution is 2.24. The van der Waals surface area contributed by atoms with Crippen molar-refractivity contribution in [2.45, 2.75) is 34.2 Å². The van der Waals surface area contributed by atoms with Gasteiger partial charge in [-0.2, -0.15) is 0 Å². The van der Waals surface area contributed by atoms with Gasteiger partial charge >= 0.3 is 5.97 Å². The van der Waals surface area contributed by atoms with E-state index < -0.39 is 16.0 Å². The summed E-state index contributed by atoms with van der Waals surface area (Å²) < 4.78 is 31.3. The number of hydrogen-bond donors (Lipinski definition) is 1. The topological polar surface area (TPSA) is 92.8 Å². The number of benzene rings is 3. The molecule has 0 aliphatic carbocycles. The van der Waals surface area contributed by atoms with Crippen molar-refractivity contribution in [3.05, 3.63) is 94.0 Å². The molecule has 0 spiro atoms. The molecule has 0 fully saturated rings. The minimum Gasteiger partial charge on any atom is -0.462 e. The van der Waals surface area contributed by atoms with Gasteiger partial charge in [-0.3, -0.25) is 9.10 Å². The van der Waals surface area contributed by atoms with Crippen LogP contribution in [0.3, 0.4) is 0 Å². The van der Waals surface area contributed by atoms with Gasteiger partial charge < -0.3 is 10.1 Å². The molecule has 0 unspecified atom stereocenters. The van der Waals surface area contributed by atoms with Gasteiger partial charge in [-0.1, -0.05) is 24.3 Å². The molecule has 0 aromatic heterocycles. The van der Waals surface area contributed by atoms with Gasteiger partial charge in [0, 0.05) is 11.3 Å². The monoisotopic (exact) mass is 494 g/mol. The van der Waals surface area contributed by atoms with E-state index in [4.69, 9.17) is 4.74 Å². The molecule has 0 bridgehead atoms. The first-order valence-electron chi connectivity index (χ1n) is 11.2. The predicted molar refractivity (Wildman–Crippen MR) is 138 cm³/mol. The maximum Gasteiger partial charge on any atom is 0.338 e. The molecule has 0 aliphatic heterocycles. The molecule has 8 heteroatoms. The number of hydrogen-bond acceptors (Lipinski definition) is 5. The molecule has 0 saturated heterocycles. The Bertz CT molecular complexity index is 1350. The Kier molecular flexibility index (Phi) is 7.96. The number of ether oxygens (including phenoxy) is 1. The highest BCUT2D eigenvalue weighted by molar-refractivity contribution is 7.92. The summed E-state index contributed by atoms with van der Waals surface area (Å²) in [6.45, 7) is 7.89. The first-order chi connectivity index (χ1) is 16.5. The van der Waals surface area contributed by atoms with Gasteiger partial charge in [0.2, 0.25) is 10.0 Å². The number of nitrogens with one attached hydrogen (secondary N) is 1. The van der Waals surface area contributed by atoms with Crippen LogP contribution in [0, 0.1) is 20.8 Å². The first kappa shape index (κ1) is 26.0. The molecular formula is C27H30N2O5S. The van der Waals surface area contributed by atoms with E-state index in [1.165, 1.54) is 10.6 Å². The third kappa shape index (κ3) is 6.48. The van der Waals surface area contributed by atoms with Crippen LogP contribution in [0.5, 0.6) is 0 Å². The highest BCUT2D eigenvalue weighted by Gasteiger charge is 2.19. The fraction of sp³-hybridized carbons (Fsp3) is 0.259. The summed E-state index contributed by atoms with van der Waals surface area (Å²) in [5, 5.41) is 2.83. The lowest BCUT2D eigenvalue weighted by Crippen LogP contribution is -2.29. The third-order valence-electron chi connectivity index (χ3n) is 5.72. The van der Waals surface area contributed by atoms with Crippen LogP contribution in [-0.4, -0.2) is 33.2 Å². The molecule has 3 aromatic rings. The second-order valence-corrected chi connectivity index (χ2v) is 10.3.